The number of aliphatic hydroxyl groups excluding tert-OH is 1. The molecule has 1 fully saturated rings. The van der Waals surface area contributed by atoms with Crippen molar-refractivity contribution in [2.24, 2.45) is 5.92 Å². The minimum atomic E-state index is -0.719. The number of para-hydroxylation sites is 1. The lowest BCUT2D eigenvalue weighted by Crippen LogP contribution is -2.58. The Labute approximate surface area is 275 Å². The zero-order chi connectivity index (χ0) is 33.3. The standard InChI is InChI=1S/C28H44N4O4.C8H10.CH2O/c1-19(33)24-17-29-18-25(34)30-15-7-12-21-10-6-11-22-13-14-23(36-27(21)22)16-31-26(28(35)32(24)2)20-8-4-3-5-9-20;1-2-8-6-4-3-5-7-8;1-2/h6,10-11,19-20,23-24,26,29,31,33H,3-5,7-9,12-18H2,1-2H3,(H,30,34);3-7H,2H2,1H3;1H2. The van der Waals surface area contributed by atoms with Crippen LogP contribution in [0.3, 0.4) is 0 Å². The van der Waals surface area contributed by atoms with Crippen LogP contribution in [0.15, 0.2) is 48.5 Å². The van der Waals surface area contributed by atoms with Crippen molar-refractivity contribution in [3.63, 3.8) is 0 Å². The SMILES string of the molecule is C=O.CC(O)C1CNCC(=O)NCCCc2cccc3c2OC(CC3)CNC(C2CCCCC2)C(=O)N1C.CCc1ccccc1. The van der Waals surface area contributed by atoms with Crippen LogP contribution in [0.2, 0.25) is 0 Å². The zero-order valence-electron chi connectivity index (χ0n) is 28.1. The lowest BCUT2D eigenvalue weighted by molar-refractivity contribution is -0.138. The van der Waals surface area contributed by atoms with E-state index in [4.69, 9.17) is 9.53 Å². The molecule has 4 atom stereocenters. The van der Waals surface area contributed by atoms with E-state index in [2.05, 4.69) is 65.3 Å². The Morgan fingerprint density at radius 3 is 2.28 bits per heavy atom. The highest BCUT2D eigenvalue weighted by molar-refractivity contribution is 5.82. The van der Waals surface area contributed by atoms with Gasteiger partial charge in [0.25, 0.3) is 0 Å². The van der Waals surface area contributed by atoms with E-state index in [0.717, 1.165) is 63.5 Å². The smallest absolute Gasteiger partial charge is 0.240 e. The second-order valence-corrected chi connectivity index (χ2v) is 12.6. The fraction of sp³-hybridized carbons (Fsp3) is 0.595. The molecule has 9 nitrogen and oxygen atoms in total. The van der Waals surface area contributed by atoms with Crippen LogP contribution in [-0.2, 0) is 33.6 Å². The first-order valence-electron chi connectivity index (χ1n) is 17.1. The average molecular weight is 637 g/mol. The average Bonchev–Trinajstić information content (AvgIpc) is 3.09. The third-order valence-corrected chi connectivity index (χ3v) is 9.39. The lowest BCUT2D eigenvalue weighted by Gasteiger charge is -2.38. The van der Waals surface area contributed by atoms with Crippen molar-refractivity contribution in [1.29, 1.82) is 0 Å². The number of hydrogen-bond donors (Lipinski definition) is 4. The summed E-state index contributed by atoms with van der Waals surface area (Å²) in [5, 5.41) is 20.2. The molecule has 4 N–H and O–H groups in total. The predicted molar refractivity (Wildman–Crippen MR) is 183 cm³/mol. The van der Waals surface area contributed by atoms with Gasteiger partial charge in [-0.25, -0.2) is 0 Å². The molecule has 2 heterocycles. The first-order chi connectivity index (χ1) is 22.4. The van der Waals surface area contributed by atoms with Crippen molar-refractivity contribution >= 4 is 18.6 Å². The molecule has 46 heavy (non-hydrogen) atoms. The minimum Gasteiger partial charge on any atom is -0.489 e. The van der Waals surface area contributed by atoms with Crippen LogP contribution in [0.5, 0.6) is 5.75 Å². The molecule has 0 spiro atoms. The Morgan fingerprint density at radius 2 is 1.63 bits per heavy atom. The Bertz CT molecular complexity index is 1190. The van der Waals surface area contributed by atoms with E-state index < -0.39 is 12.1 Å². The fourth-order valence-corrected chi connectivity index (χ4v) is 6.68. The van der Waals surface area contributed by atoms with Gasteiger partial charge in [0.05, 0.1) is 24.7 Å². The van der Waals surface area contributed by atoms with Gasteiger partial charge in [-0.15, -0.1) is 0 Å². The van der Waals surface area contributed by atoms with Gasteiger partial charge in [-0.2, -0.15) is 0 Å². The number of benzene rings is 2. The van der Waals surface area contributed by atoms with Gasteiger partial charge < -0.3 is 35.5 Å². The molecule has 2 amide bonds. The van der Waals surface area contributed by atoms with Crippen molar-refractivity contribution in [2.75, 3.05) is 33.2 Å². The van der Waals surface area contributed by atoms with Crippen molar-refractivity contribution in [1.82, 2.24) is 20.9 Å². The second kappa shape index (κ2) is 20.1. The topological polar surface area (TPSA) is 120 Å². The lowest BCUT2D eigenvalue weighted by atomic mass is 9.83. The summed E-state index contributed by atoms with van der Waals surface area (Å²) in [6.45, 7) is 7.60. The van der Waals surface area contributed by atoms with Gasteiger partial charge in [-0.1, -0.05) is 74.7 Å². The molecule has 9 heteroatoms. The Morgan fingerprint density at radius 1 is 0.935 bits per heavy atom. The third-order valence-electron chi connectivity index (χ3n) is 9.39. The van der Waals surface area contributed by atoms with E-state index in [-0.39, 0.29) is 36.4 Å². The number of aryl methyl sites for hydroxylation is 3. The highest BCUT2D eigenvalue weighted by Crippen LogP contribution is 2.33. The Hall–Kier alpha value is -3.27. The number of carbonyl (C=O) groups is 3. The maximum atomic E-state index is 13.8. The van der Waals surface area contributed by atoms with Crippen LogP contribution in [0.1, 0.15) is 75.5 Å². The molecule has 0 aromatic heterocycles. The first-order valence-corrected chi connectivity index (χ1v) is 17.1. The van der Waals surface area contributed by atoms with Gasteiger partial charge in [-0.05, 0) is 74.5 Å². The van der Waals surface area contributed by atoms with Gasteiger partial charge in [0.1, 0.15) is 18.6 Å². The maximum Gasteiger partial charge on any atom is 0.240 e. The summed E-state index contributed by atoms with van der Waals surface area (Å²) in [5.41, 5.74) is 3.84. The van der Waals surface area contributed by atoms with Crippen molar-refractivity contribution in [3.05, 3.63) is 65.2 Å². The summed E-state index contributed by atoms with van der Waals surface area (Å²) in [6, 6.07) is 16.1. The summed E-state index contributed by atoms with van der Waals surface area (Å²) in [6.07, 6.45) is 9.58. The van der Waals surface area contributed by atoms with Crippen LogP contribution in [0.4, 0.5) is 0 Å². The largest absolute Gasteiger partial charge is 0.489 e. The van der Waals surface area contributed by atoms with Gasteiger partial charge in [-0.3, -0.25) is 9.59 Å². The summed E-state index contributed by atoms with van der Waals surface area (Å²) in [4.78, 5) is 35.9. The Balaban J connectivity index is 0.000000496. The predicted octanol–water partition coefficient (Wildman–Crippen LogP) is 3.84. The van der Waals surface area contributed by atoms with E-state index in [1.54, 1.807) is 18.9 Å². The van der Waals surface area contributed by atoms with E-state index in [0.29, 0.717) is 19.6 Å². The van der Waals surface area contributed by atoms with Crippen LogP contribution in [0, 0.1) is 5.92 Å². The van der Waals surface area contributed by atoms with Crippen LogP contribution < -0.4 is 20.7 Å². The number of carbonyl (C=O) groups excluding carboxylic acids is 3. The van der Waals surface area contributed by atoms with E-state index >= 15 is 0 Å². The Kier molecular flexibility index (Phi) is 16.2. The quantitative estimate of drug-likeness (QED) is 0.404. The van der Waals surface area contributed by atoms with Crippen LogP contribution in [0.25, 0.3) is 0 Å². The first kappa shape index (κ1) is 37.2. The summed E-state index contributed by atoms with van der Waals surface area (Å²) in [7, 11) is 1.77. The van der Waals surface area contributed by atoms with Crippen LogP contribution >= 0.6 is 0 Å². The zero-order valence-corrected chi connectivity index (χ0v) is 28.1. The molecule has 2 bridgehead atoms. The summed E-state index contributed by atoms with van der Waals surface area (Å²) < 4.78 is 6.51. The maximum absolute atomic E-state index is 13.8. The molecule has 0 radical (unpaired) electrons. The molecule has 2 aromatic carbocycles. The van der Waals surface area contributed by atoms with E-state index in [9.17, 15) is 14.7 Å². The number of nitrogens with zero attached hydrogens (tertiary/aromatic N) is 1. The molecular weight excluding hydrogens is 580 g/mol. The molecule has 1 aliphatic carbocycles. The molecule has 2 aliphatic heterocycles. The van der Waals surface area contributed by atoms with E-state index in [1.165, 1.54) is 23.1 Å². The van der Waals surface area contributed by atoms with E-state index in [1.807, 2.05) is 12.9 Å². The second-order valence-electron chi connectivity index (χ2n) is 12.6. The number of amides is 2. The molecule has 0 saturated heterocycles. The van der Waals surface area contributed by atoms with Gasteiger partial charge in [0.15, 0.2) is 0 Å². The number of ether oxygens (including phenoxy) is 1. The molecule has 5 rings (SSSR count). The molecule has 254 valence electrons. The van der Waals surface area contributed by atoms with Crippen LogP contribution in [-0.4, -0.2) is 86.1 Å². The molecule has 2 aromatic rings. The minimum absolute atomic E-state index is 0.00987. The number of likely N-dealkylation sites (N-methyl/N-ethyl adjacent to an activating group) is 1. The highest BCUT2D eigenvalue weighted by Gasteiger charge is 2.35. The summed E-state index contributed by atoms with van der Waals surface area (Å²) >= 11 is 0. The van der Waals surface area contributed by atoms with Gasteiger partial charge >= 0.3 is 0 Å². The normalized spacial score (nSPS) is 23.9. The van der Waals surface area contributed by atoms with Gasteiger partial charge in [0.2, 0.25) is 11.8 Å². The van der Waals surface area contributed by atoms with Crippen molar-refractivity contribution in [2.45, 2.75) is 102 Å². The molecule has 4 unspecified atom stereocenters. The number of nitrogens with one attached hydrogen (secondary N) is 3. The number of hydrogen-bond acceptors (Lipinski definition) is 7. The number of fused-ring (bicyclic) bond motifs is 1. The highest BCUT2D eigenvalue weighted by atomic mass is 16.5. The molecule has 1 saturated carbocycles. The monoisotopic (exact) mass is 636 g/mol. The van der Waals surface area contributed by atoms with Gasteiger partial charge in [0, 0.05) is 26.7 Å². The number of aliphatic hydroxyl groups is 1. The van der Waals surface area contributed by atoms with Crippen molar-refractivity contribution < 1.29 is 24.2 Å². The third kappa shape index (κ3) is 11.2. The molecular formula is C37H56N4O5. The number of rotatable bonds is 3. The molecule has 3 aliphatic rings. The fourth-order valence-electron chi connectivity index (χ4n) is 6.68. The summed E-state index contributed by atoms with van der Waals surface area (Å²) in [5.74, 6) is 1.19. The van der Waals surface area contributed by atoms with Crippen molar-refractivity contribution in [3.8, 4) is 5.75 Å².